The highest BCUT2D eigenvalue weighted by Crippen LogP contribution is 2.20. The van der Waals surface area contributed by atoms with Crippen molar-refractivity contribution in [1.29, 1.82) is 0 Å². The Morgan fingerprint density at radius 1 is 0.784 bits per heavy atom. The minimum Gasteiger partial charge on any atom is -0.354 e. The van der Waals surface area contributed by atoms with Crippen LogP contribution in [0.15, 0.2) is 102 Å². The van der Waals surface area contributed by atoms with E-state index < -0.39 is 0 Å². The lowest BCUT2D eigenvalue weighted by atomic mass is 10.0. The van der Waals surface area contributed by atoms with Gasteiger partial charge in [0.05, 0.1) is 25.7 Å². The van der Waals surface area contributed by atoms with Gasteiger partial charge in [0.25, 0.3) is 5.56 Å². The third kappa shape index (κ3) is 4.47. The number of carbonyl (C=O) groups excluding carboxylic acids is 1. The van der Waals surface area contributed by atoms with Gasteiger partial charge in [-0.3, -0.25) is 14.2 Å². The molecule has 0 saturated carbocycles. The second-order valence-corrected chi connectivity index (χ2v) is 9.09. The molecule has 0 saturated heterocycles. The van der Waals surface area contributed by atoms with Crippen LogP contribution in [-0.2, 0) is 24.3 Å². The van der Waals surface area contributed by atoms with E-state index in [1.165, 1.54) is 0 Å². The van der Waals surface area contributed by atoms with Crippen molar-refractivity contribution in [3.05, 3.63) is 119 Å². The molecule has 2 aromatic heterocycles. The molecule has 0 spiro atoms. The smallest absolute Gasteiger partial charge is 0.264 e. The van der Waals surface area contributed by atoms with Crippen molar-refractivity contribution in [1.82, 2.24) is 24.6 Å². The molecule has 7 nitrogen and oxygen atoms in total. The predicted octanol–water partition coefficient (Wildman–Crippen LogP) is 4.31. The largest absolute Gasteiger partial charge is 0.354 e. The molecule has 0 unspecified atom stereocenters. The van der Waals surface area contributed by atoms with Crippen LogP contribution in [0.3, 0.4) is 0 Å². The molecule has 6 aromatic rings. The van der Waals surface area contributed by atoms with Gasteiger partial charge in [-0.25, -0.2) is 9.67 Å². The number of fused-ring (bicyclic) bond motifs is 3. The van der Waals surface area contributed by atoms with E-state index in [0.29, 0.717) is 37.1 Å². The molecule has 2 heterocycles. The zero-order valence-corrected chi connectivity index (χ0v) is 20.2. The molecule has 7 heteroatoms. The van der Waals surface area contributed by atoms with Crippen molar-refractivity contribution in [2.75, 3.05) is 6.54 Å². The summed E-state index contributed by atoms with van der Waals surface area (Å²) >= 11 is 0. The van der Waals surface area contributed by atoms with E-state index in [4.69, 9.17) is 0 Å². The fourth-order valence-corrected chi connectivity index (χ4v) is 4.87. The Hall–Kier alpha value is -4.78. The van der Waals surface area contributed by atoms with Crippen LogP contribution < -0.4 is 10.9 Å². The van der Waals surface area contributed by atoms with E-state index in [9.17, 15) is 9.59 Å². The summed E-state index contributed by atoms with van der Waals surface area (Å²) in [4.78, 5) is 30.3. The van der Waals surface area contributed by atoms with Crippen LogP contribution in [0.2, 0.25) is 0 Å². The summed E-state index contributed by atoms with van der Waals surface area (Å²) in [5.41, 5.74) is 2.43. The summed E-state index contributed by atoms with van der Waals surface area (Å²) in [5, 5.41) is 12.2. The van der Waals surface area contributed by atoms with Crippen LogP contribution in [-0.4, -0.2) is 31.8 Å². The standard InChI is InChI=1S/C30H25N5O2/c36-28(17-23-11-5-9-21-7-1-3-13-25(21)23)31-15-16-35-29-27(18-33-35)30(37)34(20-32-29)19-24-12-6-10-22-8-2-4-14-26(22)24/h1-14,18,20H,15-17,19H2,(H,31,36). The monoisotopic (exact) mass is 487 g/mol. The number of nitrogens with one attached hydrogen (secondary N) is 1. The molecule has 4 aromatic carbocycles. The van der Waals surface area contributed by atoms with Gasteiger partial charge in [0, 0.05) is 6.54 Å². The molecule has 0 atom stereocenters. The topological polar surface area (TPSA) is 81.8 Å². The first-order valence-corrected chi connectivity index (χ1v) is 12.3. The fraction of sp³-hybridized carbons (Fsp3) is 0.133. The molecule has 0 aliphatic heterocycles. The molecule has 0 fully saturated rings. The van der Waals surface area contributed by atoms with Crippen molar-refractivity contribution in [3.63, 3.8) is 0 Å². The van der Waals surface area contributed by atoms with Gasteiger partial charge in [0.1, 0.15) is 11.7 Å². The average Bonchev–Trinajstić information content (AvgIpc) is 3.34. The Labute approximate surface area is 213 Å². The van der Waals surface area contributed by atoms with Gasteiger partial charge in [0.15, 0.2) is 5.65 Å². The third-order valence-corrected chi connectivity index (χ3v) is 6.72. The Bertz CT molecular complexity index is 1810. The normalized spacial score (nSPS) is 11.4. The number of hydrogen-bond acceptors (Lipinski definition) is 4. The summed E-state index contributed by atoms with van der Waals surface area (Å²) in [5.74, 6) is -0.0572. The third-order valence-electron chi connectivity index (χ3n) is 6.72. The summed E-state index contributed by atoms with van der Waals surface area (Å²) in [7, 11) is 0. The fourth-order valence-electron chi connectivity index (χ4n) is 4.87. The zero-order chi connectivity index (χ0) is 25.2. The molecule has 182 valence electrons. The summed E-state index contributed by atoms with van der Waals surface area (Å²) in [6.45, 7) is 1.24. The van der Waals surface area contributed by atoms with Crippen LogP contribution in [0.4, 0.5) is 0 Å². The van der Waals surface area contributed by atoms with Crippen molar-refractivity contribution in [2.24, 2.45) is 0 Å². The molecule has 1 N–H and O–H groups in total. The number of aromatic nitrogens is 4. The van der Waals surface area contributed by atoms with Crippen molar-refractivity contribution >= 4 is 38.5 Å². The number of benzene rings is 4. The Morgan fingerprint density at radius 2 is 1.43 bits per heavy atom. The lowest BCUT2D eigenvalue weighted by Crippen LogP contribution is -2.29. The van der Waals surface area contributed by atoms with Gasteiger partial charge >= 0.3 is 0 Å². The van der Waals surface area contributed by atoms with E-state index in [1.54, 1.807) is 21.8 Å². The van der Waals surface area contributed by atoms with Gasteiger partial charge in [-0.15, -0.1) is 0 Å². The van der Waals surface area contributed by atoms with Crippen molar-refractivity contribution in [3.8, 4) is 0 Å². The van der Waals surface area contributed by atoms with Crippen LogP contribution in [0, 0.1) is 0 Å². The summed E-state index contributed by atoms with van der Waals surface area (Å²) in [6, 6.07) is 28.3. The Balaban J connectivity index is 1.14. The first kappa shape index (κ1) is 22.7. The molecule has 1 amide bonds. The van der Waals surface area contributed by atoms with Crippen molar-refractivity contribution < 1.29 is 4.79 Å². The van der Waals surface area contributed by atoms with Gasteiger partial charge in [0.2, 0.25) is 5.91 Å². The summed E-state index contributed by atoms with van der Waals surface area (Å²) in [6.07, 6.45) is 3.43. The number of rotatable bonds is 7. The maximum Gasteiger partial charge on any atom is 0.264 e. The average molecular weight is 488 g/mol. The van der Waals surface area contributed by atoms with E-state index >= 15 is 0 Å². The lowest BCUT2D eigenvalue weighted by molar-refractivity contribution is -0.120. The van der Waals surface area contributed by atoms with E-state index in [1.807, 2.05) is 66.7 Å². The Kier molecular flexibility index (Phi) is 5.94. The molecule has 37 heavy (non-hydrogen) atoms. The Morgan fingerprint density at radius 3 is 2.19 bits per heavy atom. The predicted molar refractivity (Wildman–Crippen MR) is 145 cm³/mol. The van der Waals surface area contributed by atoms with Crippen LogP contribution in [0.5, 0.6) is 0 Å². The van der Waals surface area contributed by atoms with E-state index in [0.717, 1.165) is 32.7 Å². The summed E-state index contributed by atoms with van der Waals surface area (Å²) < 4.78 is 3.28. The number of hydrogen-bond donors (Lipinski definition) is 1. The first-order chi connectivity index (χ1) is 18.2. The van der Waals surface area contributed by atoms with Crippen LogP contribution in [0.25, 0.3) is 32.6 Å². The SMILES string of the molecule is O=C(Cc1cccc2ccccc12)NCCn1ncc2c(=O)n(Cc3cccc4ccccc34)cnc21. The highest BCUT2D eigenvalue weighted by Gasteiger charge is 2.12. The highest BCUT2D eigenvalue weighted by atomic mass is 16.1. The molecular weight excluding hydrogens is 462 g/mol. The number of carbonyl (C=O) groups is 1. The quantitative estimate of drug-likeness (QED) is 0.364. The van der Waals surface area contributed by atoms with Gasteiger partial charge < -0.3 is 5.32 Å². The van der Waals surface area contributed by atoms with Crippen molar-refractivity contribution in [2.45, 2.75) is 19.5 Å². The molecule has 0 aliphatic carbocycles. The van der Waals surface area contributed by atoms with E-state index in [2.05, 4.69) is 33.6 Å². The molecule has 6 rings (SSSR count). The van der Waals surface area contributed by atoms with Gasteiger partial charge in [-0.2, -0.15) is 5.10 Å². The molecular formula is C30H25N5O2. The lowest BCUT2D eigenvalue weighted by Gasteiger charge is -2.10. The second kappa shape index (κ2) is 9.70. The maximum atomic E-state index is 13.2. The highest BCUT2D eigenvalue weighted by molar-refractivity contribution is 5.90. The molecule has 0 bridgehead atoms. The molecule has 0 radical (unpaired) electrons. The molecule has 0 aliphatic rings. The van der Waals surface area contributed by atoms with E-state index in [-0.39, 0.29) is 11.5 Å². The maximum absolute atomic E-state index is 13.2. The van der Waals surface area contributed by atoms with Gasteiger partial charge in [-0.1, -0.05) is 84.9 Å². The zero-order valence-electron chi connectivity index (χ0n) is 20.2. The van der Waals surface area contributed by atoms with Gasteiger partial charge in [-0.05, 0) is 32.7 Å². The van der Waals surface area contributed by atoms with Crippen LogP contribution >= 0.6 is 0 Å². The minimum absolute atomic E-state index is 0.0572. The second-order valence-electron chi connectivity index (χ2n) is 9.09. The minimum atomic E-state index is -0.135. The number of amides is 1. The van der Waals surface area contributed by atoms with Crippen LogP contribution in [0.1, 0.15) is 11.1 Å². The number of nitrogens with zero attached hydrogens (tertiary/aromatic N) is 4. The first-order valence-electron chi connectivity index (χ1n) is 12.3.